The molecule has 8 rings (SSSR count). The predicted octanol–water partition coefficient (Wildman–Crippen LogP) is 5.41. The van der Waals surface area contributed by atoms with Crippen LogP contribution in [0.5, 0.6) is 0 Å². The van der Waals surface area contributed by atoms with Crippen LogP contribution in [0, 0.1) is 17.3 Å². The largest absolute Gasteiger partial charge is 0.481 e. The molecule has 0 radical (unpaired) electrons. The zero-order chi connectivity index (χ0) is 37.2. The number of aromatic nitrogens is 3. The predicted molar refractivity (Wildman–Crippen MR) is 187 cm³/mol. The summed E-state index contributed by atoms with van der Waals surface area (Å²) in [6, 6.07) is 6.41. The van der Waals surface area contributed by atoms with Crippen LogP contribution < -0.4 is 26.8 Å². The number of carbonyl (C=O) groups is 2. The quantitative estimate of drug-likeness (QED) is 0.215. The number of halogens is 3. The highest BCUT2D eigenvalue weighted by atomic mass is 19.4. The van der Waals surface area contributed by atoms with Crippen LogP contribution in [-0.2, 0) is 32.4 Å². The van der Waals surface area contributed by atoms with Crippen molar-refractivity contribution in [2.75, 3.05) is 10.6 Å². The summed E-state index contributed by atoms with van der Waals surface area (Å²) in [5, 5.41) is 11.6. The van der Waals surface area contributed by atoms with E-state index in [-0.39, 0.29) is 36.0 Å². The first-order valence-corrected chi connectivity index (χ1v) is 17.7. The smallest absolute Gasteiger partial charge is 0.404 e. The molecule has 2 unspecified atom stereocenters. The maximum Gasteiger partial charge on any atom is 0.481 e. The van der Waals surface area contributed by atoms with Crippen LogP contribution in [0.2, 0.25) is 0 Å². The summed E-state index contributed by atoms with van der Waals surface area (Å²) in [7, 11) is -0.690. The highest BCUT2D eigenvalue weighted by Crippen LogP contribution is 2.64. The molecule has 7 atom stereocenters. The number of hydrogen-bond acceptors (Lipinski definition) is 8. The fourth-order valence-corrected chi connectivity index (χ4v) is 8.64. The molecule has 4 N–H and O–H groups in total. The van der Waals surface area contributed by atoms with E-state index >= 15 is 0 Å². The van der Waals surface area contributed by atoms with E-state index in [1.165, 1.54) is 29.1 Å². The van der Waals surface area contributed by atoms with Crippen LogP contribution in [0.3, 0.4) is 0 Å². The van der Waals surface area contributed by atoms with Crippen molar-refractivity contribution in [1.82, 2.24) is 25.2 Å². The lowest BCUT2D eigenvalue weighted by Gasteiger charge is -2.63. The molecule has 1 saturated heterocycles. The topological polar surface area (TPSA) is 148 Å². The molecule has 2 aromatic heterocycles. The summed E-state index contributed by atoms with van der Waals surface area (Å²) >= 11 is 0. The van der Waals surface area contributed by atoms with Gasteiger partial charge in [0.1, 0.15) is 17.6 Å². The maximum atomic E-state index is 14.3. The second-order valence-electron chi connectivity index (χ2n) is 15.5. The molecule has 0 spiro atoms. The third-order valence-corrected chi connectivity index (χ3v) is 11.7. The molecule has 4 fully saturated rings. The average Bonchev–Trinajstić information content (AvgIpc) is 3.61. The Morgan fingerprint density at radius 2 is 1.90 bits per heavy atom. The minimum Gasteiger partial charge on any atom is -0.404 e. The minimum atomic E-state index is -4.52. The van der Waals surface area contributed by atoms with Crippen molar-refractivity contribution in [3.63, 3.8) is 0 Å². The average molecular weight is 722 g/mol. The lowest BCUT2D eigenvalue weighted by molar-refractivity contribution is -0.185. The molecule has 16 heteroatoms. The normalized spacial score (nSPS) is 29.0. The Balaban J connectivity index is 1.14. The number of pyridine rings is 1. The van der Waals surface area contributed by atoms with E-state index in [0.29, 0.717) is 29.5 Å². The van der Waals surface area contributed by atoms with Gasteiger partial charge in [-0.05, 0) is 80.2 Å². The van der Waals surface area contributed by atoms with Crippen LogP contribution in [0.1, 0.15) is 83.3 Å². The van der Waals surface area contributed by atoms with Gasteiger partial charge in [-0.3, -0.25) is 19.1 Å². The van der Waals surface area contributed by atoms with Gasteiger partial charge in [0.2, 0.25) is 5.91 Å². The summed E-state index contributed by atoms with van der Waals surface area (Å²) < 4.78 is 54.4. The first-order chi connectivity index (χ1) is 24.5. The number of urea groups is 1. The van der Waals surface area contributed by atoms with Gasteiger partial charge < -0.3 is 30.6 Å². The molecular formula is C36H43BF3N7O5. The molecule has 1 aromatic carbocycles. The number of nitrogens with one attached hydrogen (secondary N) is 4. The van der Waals surface area contributed by atoms with Crippen molar-refractivity contribution >= 4 is 30.4 Å². The molecule has 52 heavy (non-hydrogen) atoms. The summed E-state index contributed by atoms with van der Waals surface area (Å²) in [6.07, 6.45) is 2.13. The molecule has 3 aromatic rings. The molecule has 12 nitrogen and oxygen atoms in total. The third-order valence-electron chi connectivity index (χ3n) is 11.7. The van der Waals surface area contributed by atoms with Crippen LogP contribution in [-0.4, -0.2) is 51.2 Å². The van der Waals surface area contributed by atoms with Crippen LogP contribution in [0.4, 0.5) is 29.3 Å². The van der Waals surface area contributed by atoms with Gasteiger partial charge in [-0.25, -0.2) is 9.78 Å². The highest BCUT2D eigenvalue weighted by Gasteiger charge is 2.67. The molecule has 2 aliphatic heterocycles. The van der Waals surface area contributed by atoms with E-state index in [2.05, 4.69) is 52.0 Å². The van der Waals surface area contributed by atoms with Crippen molar-refractivity contribution < 1.29 is 32.1 Å². The van der Waals surface area contributed by atoms with Crippen molar-refractivity contribution in [2.24, 2.45) is 17.3 Å². The second kappa shape index (κ2) is 12.9. The Kier molecular flexibility index (Phi) is 8.92. The van der Waals surface area contributed by atoms with Gasteiger partial charge in [0.15, 0.2) is 0 Å². The molecule has 276 valence electrons. The number of alkyl halides is 3. The number of hydrogen-bond donors (Lipinski definition) is 4. The molecule has 4 heterocycles. The number of nitrogens with zero attached hydrogens (tertiary/aromatic N) is 3. The Hall–Kier alpha value is -4.44. The van der Waals surface area contributed by atoms with E-state index in [9.17, 15) is 27.6 Å². The third kappa shape index (κ3) is 6.33. The van der Waals surface area contributed by atoms with Crippen LogP contribution >= 0.6 is 0 Å². The van der Waals surface area contributed by atoms with Gasteiger partial charge in [0, 0.05) is 19.2 Å². The molecule has 2 bridgehead atoms. The summed E-state index contributed by atoms with van der Waals surface area (Å²) in [6.45, 7) is 10.1. The first-order valence-electron chi connectivity index (χ1n) is 17.7. The van der Waals surface area contributed by atoms with E-state index in [4.69, 9.17) is 9.31 Å². The Labute approximate surface area is 299 Å². The maximum absolute atomic E-state index is 14.3. The Bertz CT molecular complexity index is 1930. The van der Waals surface area contributed by atoms with Gasteiger partial charge in [-0.2, -0.15) is 13.2 Å². The second-order valence-corrected chi connectivity index (χ2v) is 15.5. The lowest BCUT2D eigenvalue weighted by Crippen LogP contribution is -2.63. The summed E-state index contributed by atoms with van der Waals surface area (Å²) in [4.78, 5) is 50.1. The van der Waals surface area contributed by atoms with Gasteiger partial charge in [-0.1, -0.05) is 32.9 Å². The standard InChI is InChI=1S/C36H43BF3N7O5/c1-6-27(37-51-28-24-14-22(33(24,2)3)15-35(28,5)52-37)45-29(48)26-16-34(4,46-32(50)44-23-11-8-12-41-18-23)31-43-19-25(30(49)47(26)31)42-17-20-9-7-10-21(13-20)36(38,39)40/h7-13,18-19,22,24,26-28,42H,6,14-17H2,1-5H3,(H,45,48)(H2,44,46,50)/t22?,24?,26-,27-,28+,34+,35-/m0/s1. The van der Waals surface area contributed by atoms with E-state index < -0.39 is 59.5 Å². The zero-order valence-corrected chi connectivity index (χ0v) is 29.7. The number of rotatable bonds is 9. The number of amides is 3. The molecule has 3 amide bonds. The van der Waals surface area contributed by atoms with Crippen molar-refractivity contribution in [3.05, 3.63) is 82.3 Å². The number of fused-ring (bicyclic) bond motifs is 1. The summed E-state index contributed by atoms with van der Waals surface area (Å²) in [5.74, 6) is 0.0280. The zero-order valence-electron chi connectivity index (χ0n) is 29.7. The van der Waals surface area contributed by atoms with Crippen molar-refractivity contribution in [2.45, 2.75) is 102 Å². The lowest BCUT2D eigenvalue weighted by atomic mass is 9.45. The number of carbonyl (C=O) groups excluding carboxylic acids is 2. The molecule has 3 aliphatic carbocycles. The minimum absolute atomic E-state index is 0.0142. The Morgan fingerprint density at radius 1 is 1.12 bits per heavy atom. The van der Waals surface area contributed by atoms with Gasteiger partial charge in [0.25, 0.3) is 5.56 Å². The van der Waals surface area contributed by atoms with Gasteiger partial charge in [0.05, 0.1) is 46.8 Å². The van der Waals surface area contributed by atoms with E-state index in [0.717, 1.165) is 25.0 Å². The van der Waals surface area contributed by atoms with E-state index in [1.54, 1.807) is 25.3 Å². The number of anilines is 2. The van der Waals surface area contributed by atoms with Gasteiger partial charge in [-0.15, -0.1) is 0 Å². The van der Waals surface area contributed by atoms with E-state index in [1.807, 2.05) is 6.92 Å². The monoisotopic (exact) mass is 721 g/mol. The molecule has 5 aliphatic rings. The van der Waals surface area contributed by atoms with Gasteiger partial charge >= 0.3 is 19.3 Å². The fraction of sp³-hybridized carbons (Fsp3) is 0.528. The molecular weight excluding hydrogens is 678 g/mol. The van der Waals surface area contributed by atoms with Crippen molar-refractivity contribution in [3.8, 4) is 0 Å². The Morgan fingerprint density at radius 3 is 2.60 bits per heavy atom. The number of benzene rings is 1. The fourth-order valence-electron chi connectivity index (χ4n) is 8.64. The summed E-state index contributed by atoms with van der Waals surface area (Å²) in [5.41, 5.74) is -2.29. The molecule has 3 saturated carbocycles. The SMILES string of the molecule is CC[C@H](NC(=O)[C@@H]1C[C@@](C)(NC(=O)Nc2cccnc2)c2ncc(NCc3cccc(C(F)(F)F)c3)c(=O)n21)B1O[C@@H]2C3CC(C[C@]2(C)O1)C3(C)C. The van der Waals surface area contributed by atoms with Crippen molar-refractivity contribution in [1.29, 1.82) is 0 Å². The highest BCUT2D eigenvalue weighted by molar-refractivity contribution is 6.47. The van der Waals surface area contributed by atoms with Crippen LogP contribution in [0.15, 0.2) is 59.8 Å². The van der Waals surface area contributed by atoms with Crippen LogP contribution in [0.25, 0.3) is 0 Å². The first kappa shape index (κ1) is 35.9.